The van der Waals surface area contributed by atoms with Gasteiger partial charge >= 0.3 is 0 Å². The normalized spacial score (nSPS) is 22.7. The van der Waals surface area contributed by atoms with Gasteiger partial charge in [-0.3, -0.25) is 4.79 Å². The molecule has 2 unspecified atom stereocenters. The average molecular weight is 274 g/mol. The number of nitrogens with one attached hydrogen (secondary N) is 1. The van der Waals surface area contributed by atoms with Gasteiger partial charge in [0, 0.05) is 18.2 Å². The van der Waals surface area contributed by atoms with Crippen LogP contribution in [-0.4, -0.2) is 25.1 Å². The van der Waals surface area contributed by atoms with Crippen LogP contribution in [0.25, 0.3) is 6.08 Å². The van der Waals surface area contributed by atoms with Crippen molar-refractivity contribution in [1.82, 2.24) is 5.32 Å². The van der Waals surface area contributed by atoms with Gasteiger partial charge in [0.1, 0.15) is 5.75 Å². The molecule has 0 bridgehead atoms. The molecule has 1 amide bonds. The molecule has 0 aromatic heterocycles. The van der Waals surface area contributed by atoms with Gasteiger partial charge < -0.3 is 15.8 Å². The topological polar surface area (TPSA) is 64.3 Å². The summed E-state index contributed by atoms with van der Waals surface area (Å²) >= 11 is 0. The van der Waals surface area contributed by atoms with Crippen molar-refractivity contribution in [3.63, 3.8) is 0 Å². The molecule has 20 heavy (non-hydrogen) atoms. The Kier molecular flexibility index (Phi) is 5.18. The van der Waals surface area contributed by atoms with Gasteiger partial charge in [-0.15, -0.1) is 0 Å². The molecule has 0 saturated heterocycles. The molecule has 4 heteroatoms. The highest BCUT2D eigenvalue weighted by Gasteiger charge is 2.22. The Morgan fingerprint density at radius 1 is 1.30 bits per heavy atom. The number of hydrogen-bond donors (Lipinski definition) is 2. The highest BCUT2D eigenvalue weighted by Crippen LogP contribution is 2.17. The first-order chi connectivity index (χ1) is 9.69. The smallest absolute Gasteiger partial charge is 0.244 e. The lowest BCUT2D eigenvalue weighted by molar-refractivity contribution is -0.117. The van der Waals surface area contributed by atoms with Crippen LogP contribution in [0.15, 0.2) is 30.3 Å². The first-order valence-corrected chi connectivity index (χ1v) is 7.07. The van der Waals surface area contributed by atoms with E-state index in [1.807, 2.05) is 24.3 Å². The van der Waals surface area contributed by atoms with Gasteiger partial charge in [-0.25, -0.2) is 0 Å². The Balaban J connectivity index is 1.87. The number of ether oxygens (including phenoxy) is 1. The van der Waals surface area contributed by atoms with Crippen molar-refractivity contribution in [2.75, 3.05) is 7.11 Å². The fraction of sp³-hybridized carbons (Fsp3) is 0.438. The van der Waals surface area contributed by atoms with Crippen LogP contribution in [0, 0.1) is 0 Å². The highest BCUT2D eigenvalue weighted by molar-refractivity contribution is 5.91. The second-order valence-corrected chi connectivity index (χ2v) is 5.17. The van der Waals surface area contributed by atoms with Crippen LogP contribution in [0.3, 0.4) is 0 Å². The maximum atomic E-state index is 11.9. The number of carbonyl (C=O) groups excluding carboxylic acids is 1. The lowest BCUT2D eigenvalue weighted by Crippen LogP contribution is -2.48. The van der Waals surface area contributed by atoms with Gasteiger partial charge in [0.2, 0.25) is 5.91 Å². The van der Waals surface area contributed by atoms with Gasteiger partial charge in [0.15, 0.2) is 0 Å². The minimum atomic E-state index is -0.0804. The zero-order valence-corrected chi connectivity index (χ0v) is 11.8. The molecule has 0 radical (unpaired) electrons. The average Bonchev–Trinajstić information content (AvgIpc) is 2.48. The van der Waals surface area contributed by atoms with Crippen molar-refractivity contribution in [1.29, 1.82) is 0 Å². The van der Waals surface area contributed by atoms with E-state index in [2.05, 4.69) is 5.32 Å². The molecule has 108 valence electrons. The molecule has 4 nitrogen and oxygen atoms in total. The number of methoxy groups -OCH3 is 1. The number of nitrogens with two attached hydrogens (primary N) is 1. The summed E-state index contributed by atoms with van der Waals surface area (Å²) in [5.41, 5.74) is 6.98. The Morgan fingerprint density at radius 2 is 2.00 bits per heavy atom. The Labute approximate surface area is 120 Å². The molecule has 1 aromatic rings. The molecule has 1 aliphatic rings. The Bertz CT molecular complexity index is 468. The minimum Gasteiger partial charge on any atom is -0.497 e. The van der Waals surface area contributed by atoms with Crippen LogP contribution in [0.1, 0.15) is 31.2 Å². The van der Waals surface area contributed by atoms with Gasteiger partial charge in [0.05, 0.1) is 7.11 Å². The van der Waals surface area contributed by atoms with Crippen LogP contribution >= 0.6 is 0 Å². The van der Waals surface area contributed by atoms with Crippen molar-refractivity contribution in [3.8, 4) is 5.75 Å². The number of hydrogen-bond acceptors (Lipinski definition) is 3. The first-order valence-electron chi connectivity index (χ1n) is 7.07. The molecule has 0 heterocycles. The van der Waals surface area contributed by atoms with E-state index in [1.54, 1.807) is 19.3 Å². The maximum Gasteiger partial charge on any atom is 0.244 e. The largest absolute Gasteiger partial charge is 0.497 e. The minimum absolute atomic E-state index is 0.0804. The van der Waals surface area contributed by atoms with Crippen molar-refractivity contribution in [2.24, 2.45) is 5.73 Å². The van der Waals surface area contributed by atoms with E-state index >= 15 is 0 Å². The molecule has 1 aliphatic carbocycles. The summed E-state index contributed by atoms with van der Waals surface area (Å²) in [6, 6.07) is 7.76. The zero-order chi connectivity index (χ0) is 14.4. The summed E-state index contributed by atoms with van der Waals surface area (Å²) in [4.78, 5) is 11.9. The Hall–Kier alpha value is -1.81. The third kappa shape index (κ3) is 4.10. The lowest BCUT2D eigenvalue weighted by atomic mass is 9.91. The number of rotatable bonds is 4. The van der Waals surface area contributed by atoms with Crippen molar-refractivity contribution in [2.45, 2.75) is 37.8 Å². The van der Waals surface area contributed by atoms with Crippen molar-refractivity contribution >= 4 is 12.0 Å². The second kappa shape index (κ2) is 7.10. The summed E-state index contributed by atoms with van der Waals surface area (Å²) < 4.78 is 5.09. The van der Waals surface area contributed by atoms with E-state index in [0.29, 0.717) is 0 Å². The molecule has 1 aromatic carbocycles. The monoisotopic (exact) mass is 274 g/mol. The zero-order valence-electron chi connectivity index (χ0n) is 11.8. The first kappa shape index (κ1) is 14.6. The maximum absolute atomic E-state index is 11.9. The predicted octanol–water partition coefficient (Wildman–Crippen LogP) is 2.09. The van der Waals surface area contributed by atoms with E-state index in [4.69, 9.17) is 10.5 Å². The third-order valence-corrected chi connectivity index (χ3v) is 3.69. The summed E-state index contributed by atoms with van der Waals surface area (Å²) in [7, 11) is 1.63. The summed E-state index contributed by atoms with van der Waals surface area (Å²) in [6.45, 7) is 0. The quantitative estimate of drug-likeness (QED) is 0.826. The number of benzene rings is 1. The highest BCUT2D eigenvalue weighted by atomic mass is 16.5. The standard InChI is InChI=1S/C16H22N2O2/c1-20-13-9-6-12(7-10-13)8-11-16(19)18-15-5-3-2-4-14(15)17/h6-11,14-15H,2-5,17H2,1H3,(H,18,19)/b11-8+. The van der Waals surface area contributed by atoms with E-state index in [0.717, 1.165) is 37.0 Å². The van der Waals surface area contributed by atoms with Gasteiger partial charge in [0.25, 0.3) is 0 Å². The van der Waals surface area contributed by atoms with E-state index in [-0.39, 0.29) is 18.0 Å². The van der Waals surface area contributed by atoms with Gasteiger partial charge in [-0.2, -0.15) is 0 Å². The summed E-state index contributed by atoms with van der Waals surface area (Å²) in [6.07, 6.45) is 7.62. The Morgan fingerprint density at radius 3 is 2.65 bits per heavy atom. The number of carbonyl (C=O) groups is 1. The molecule has 2 atom stereocenters. The molecular weight excluding hydrogens is 252 g/mol. The fourth-order valence-electron chi connectivity index (χ4n) is 2.46. The summed E-state index contributed by atoms with van der Waals surface area (Å²) in [5, 5.41) is 2.99. The SMILES string of the molecule is COc1ccc(/C=C/C(=O)NC2CCCCC2N)cc1. The van der Waals surface area contributed by atoms with E-state index in [1.165, 1.54) is 0 Å². The van der Waals surface area contributed by atoms with Crippen molar-refractivity contribution < 1.29 is 9.53 Å². The van der Waals surface area contributed by atoms with E-state index in [9.17, 15) is 4.79 Å². The molecule has 3 N–H and O–H groups in total. The second-order valence-electron chi connectivity index (χ2n) is 5.17. The molecule has 1 fully saturated rings. The van der Waals surface area contributed by atoms with Gasteiger partial charge in [-0.05, 0) is 36.6 Å². The van der Waals surface area contributed by atoms with Crippen LogP contribution < -0.4 is 15.8 Å². The third-order valence-electron chi connectivity index (χ3n) is 3.69. The molecule has 0 aliphatic heterocycles. The predicted molar refractivity (Wildman–Crippen MR) is 80.4 cm³/mol. The fourth-order valence-corrected chi connectivity index (χ4v) is 2.46. The van der Waals surface area contributed by atoms with Gasteiger partial charge in [-0.1, -0.05) is 25.0 Å². The van der Waals surface area contributed by atoms with Crippen LogP contribution in [0.5, 0.6) is 5.75 Å². The lowest BCUT2D eigenvalue weighted by Gasteiger charge is -2.28. The van der Waals surface area contributed by atoms with Crippen LogP contribution in [0.2, 0.25) is 0 Å². The van der Waals surface area contributed by atoms with E-state index < -0.39 is 0 Å². The molecule has 2 rings (SSSR count). The molecular formula is C16H22N2O2. The molecule has 1 saturated carbocycles. The molecule has 0 spiro atoms. The van der Waals surface area contributed by atoms with Crippen LogP contribution in [0.4, 0.5) is 0 Å². The summed E-state index contributed by atoms with van der Waals surface area (Å²) in [5.74, 6) is 0.725. The number of amides is 1. The van der Waals surface area contributed by atoms with Crippen molar-refractivity contribution in [3.05, 3.63) is 35.9 Å². The van der Waals surface area contributed by atoms with Crippen LogP contribution in [-0.2, 0) is 4.79 Å².